The molecule has 0 aromatic heterocycles. The van der Waals surface area contributed by atoms with E-state index in [0.717, 1.165) is 33.9 Å². The molecule has 0 radical (unpaired) electrons. The summed E-state index contributed by atoms with van der Waals surface area (Å²) in [4.78, 5) is 44.3. The third-order valence-electron chi connectivity index (χ3n) is 5.32. The maximum Gasteiger partial charge on any atom is 0.445 e. The molecular formula is C23H29N4O3S+. The molecule has 31 heavy (non-hydrogen) atoms. The van der Waals surface area contributed by atoms with Gasteiger partial charge in [0.15, 0.2) is 5.92 Å². The van der Waals surface area contributed by atoms with Gasteiger partial charge in [0.05, 0.1) is 19.8 Å². The highest BCUT2D eigenvalue weighted by Crippen LogP contribution is 2.36. The van der Waals surface area contributed by atoms with E-state index in [9.17, 15) is 14.4 Å². The van der Waals surface area contributed by atoms with Gasteiger partial charge in [-0.2, -0.15) is 9.48 Å². The number of amides is 4. The molecule has 0 fully saturated rings. The fourth-order valence-corrected chi connectivity index (χ4v) is 4.69. The minimum atomic E-state index is -0.659. The third kappa shape index (κ3) is 4.95. The highest BCUT2D eigenvalue weighted by atomic mass is 32.2. The zero-order chi connectivity index (χ0) is 22.7. The first kappa shape index (κ1) is 22.9. The van der Waals surface area contributed by atoms with Crippen molar-refractivity contribution in [1.82, 2.24) is 4.90 Å². The van der Waals surface area contributed by atoms with Gasteiger partial charge in [-0.25, -0.2) is 4.79 Å². The van der Waals surface area contributed by atoms with E-state index in [1.54, 1.807) is 13.3 Å². The zero-order valence-electron chi connectivity index (χ0n) is 18.6. The van der Waals surface area contributed by atoms with E-state index >= 15 is 0 Å². The molecule has 164 valence electrons. The molecule has 7 nitrogen and oxygen atoms in total. The highest BCUT2D eigenvalue weighted by molar-refractivity contribution is 8.03. The van der Waals surface area contributed by atoms with Crippen LogP contribution in [0.5, 0.6) is 0 Å². The SMILES string of the molecule is CCc1ccc(NC(=O)CSC2=C(CC(C)C)C=NC3=[N+](C)C(=O)N(C)C(=O)C23)cc1. The van der Waals surface area contributed by atoms with Crippen LogP contribution in [0.1, 0.15) is 32.8 Å². The van der Waals surface area contributed by atoms with Gasteiger partial charge in [0.2, 0.25) is 5.91 Å². The number of fused-ring (bicyclic) bond motifs is 1. The first-order valence-corrected chi connectivity index (χ1v) is 11.4. The Hall–Kier alpha value is -2.74. The Morgan fingerprint density at radius 2 is 1.94 bits per heavy atom. The van der Waals surface area contributed by atoms with Crippen molar-refractivity contribution >= 4 is 47.3 Å². The molecular weight excluding hydrogens is 412 g/mol. The molecule has 2 heterocycles. The van der Waals surface area contributed by atoms with Crippen molar-refractivity contribution in [1.29, 1.82) is 0 Å². The number of aliphatic imine (C=N–C) groups is 1. The number of carbonyl (C=O) groups excluding carboxylic acids is 3. The number of hydrogen-bond acceptors (Lipinski definition) is 5. The van der Waals surface area contributed by atoms with E-state index in [0.29, 0.717) is 11.8 Å². The minimum absolute atomic E-state index is 0.143. The summed E-state index contributed by atoms with van der Waals surface area (Å²) >= 11 is 1.35. The van der Waals surface area contributed by atoms with E-state index in [1.165, 1.54) is 28.9 Å². The van der Waals surface area contributed by atoms with Crippen LogP contribution < -0.4 is 5.32 Å². The largest absolute Gasteiger partial charge is 0.445 e. The summed E-state index contributed by atoms with van der Waals surface area (Å²) in [6.45, 7) is 6.28. The van der Waals surface area contributed by atoms with Crippen molar-refractivity contribution in [3.05, 3.63) is 40.3 Å². The Kier molecular flexibility index (Phi) is 7.10. The Labute approximate surface area is 187 Å². The second kappa shape index (κ2) is 9.60. The summed E-state index contributed by atoms with van der Waals surface area (Å²) in [5.41, 5.74) is 2.90. The number of urea groups is 1. The molecule has 0 spiro atoms. The molecule has 1 N–H and O–H groups in total. The molecule has 1 atom stereocenters. The standard InChI is InChI=1S/C23H28N4O3S/c1-6-15-7-9-17(10-8-15)25-18(28)13-31-20-16(11-14(2)3)12-24-21-19(20)22(29)27(5)23(30)26(21)4/h7-10,12,14,19H,6,11,13H2,1-5H3/p+1. The molecule has 1 aromatic carbocycles. The number of rotatable bonds is 7. The van der Waals surface area contributed by atoms with Gasteiger partial charge < -0.3 is 5.32 Å². The molecule has 1 aromatic rings. The van der Waals surface area contributed by atoms with Crippen molar-refractivity contribution in [2.75, 3.05) is 25.2 Å². The topological polar surface area (TPSA) is 81.8 Å². The van der Waals surface area contributed by atoms with Gasteiger partial charge in [-0.15, -0.1) is 16.8 Å². The summed E-state index contributed by atoms with van der Waals surface area (Å²) in [6.07, 6.45) is 3.42. The molecule has 2 aliphatic heterocycles. The van der Waals surface area contributed by atoms with E-state index in [-0.39, 0.29) is 17.6 Å². The Morgan fingerprint density at radius 3 is 2.55 bits per heavy atom. The first-order valence-electron chi connectivity index (χ1n) is 10.4. The molecule has 0 saturated heterocycles. The molecule has 0 bridgehead atoms. The number of aryl methyl sites for hydroxylation is 1. The van der Waals surface area contributed by atoms with Gasteiger partial charge in [0.25, 0.3) is 5.84 Å². The Balaban J connectivity index is 1.83. The molecule has 3 rings (SSSR count). The van der Waals surface area contributed by atoms with Gasteiger partial charge in [-0.3, -0.25) is 9.59 Å². The average Bonchev–Trinajstić information content (AvgIpc) is 2.75. The van der Waals surface area contributed by atoms with Crippen LogP contribution in [0, 0.1) is 11.8 Å². The lowest BCUT2D eigenvalue weighted by molar-refractivity contribution is -0.407. The maximum absolute atomic E-state index is 13.0. The van der Waals surface area contributed by atoms with Gasteiger partial charge in [-0.05, 0) is 42.0 Å². The fourth-order valence-electron chi connectivity index (χ4n) is 3.63. The molecule has 1 unspecified atom stereocenters. The minimum Gasteiger partial charge on any atom is -0.325 e. The number of imide groups is 1. The average molecular weight is 442 g/mol. The van der Waals surface area contributed by atoms with Gasteiger partial charge in [0, 0.05) is 10.6 Å². The lowest BCUT2D eigenvalue weighted by atomic mass is 9.94. The van der Waals surface area contributed by atoms with Crippen LogP contribution in [0.25, 0.3) is 0 Å². The van der Waals surface area contributed by atoms with Crippen molar-refractivity contribution in [2.45, 2.75) is 33.6 Å². The van der Waals surface area contributed by atoms with Crippen LogP contribution in [0.15, 0.2) is 39.7 Å². The number of benzene rings is 1. The predicted octanol–water partition coefficient (Wildman–Crippen LogP) is 3.55. The van der Waals surface area contributed by atoms with Crippen LogP contribution in [0.4, 0.5) is 10.5 Å². The third-order valence-corrected chi connectivity index (χ3v) is 6.53. The Morgan fingerprint density at radius 1 is 1.26 bits per heavy atom. The number of allylic oxidation sites excluding steroid dienone is 1. The lowest BCUT2D eigenvalue weighted by Crippen LogP contribution is -2.52. The number of nitrogens with one attached hydrogen (secondary N) is 1. The van der Waals surface area contributed by atoms with Gasteiger partial charge >= 0.3 is 11.9 Å². The number of nitrogens with zero attached hydrogens (tertiary/aromatic N) is 3. The molecule has 2 aliphatic rings. The highest BCUT2D eigenvalue weighted by Gasteiger charge is 2.48. The van der Waals surface area contributed by atoms with Crippen molar-refractivity contribution in [2.24, 2.45) is 16.8 Å². The number of thioether (sulfide) groups is 1. The van der Waals surface area contributed by atoms with Crippen molar-refractivity contribution in [3.63, 3.8) is 0 Å². The van der Waals surface area contributed by atoms with Crippen LogP contribution in [-0.2, 0) is 16.0 Å². The summed E-state index contributed by atoms with van der Waals surface area (Å²) < 4.78 is 1.41. The first-order chi connectivity index (χ1) is 14.7. The second-order valence-electron chi connectivity index (χ2n) is 8.16. The molecule has 4 amide bonds. The predicted molar refractivity (Wildman–Crippen MR) is 125 cm³/mol. The number of anilines is 1. The molecule has 8 heteroatoms. The van der Waals surface area contributed by atoms with E-state index in [4.69, 9.17) is 0 Å². The Bertz CT molecular complexity index is 993. The van der Waals surface area contributed by atoms with Crippen LogP contribution in [0.2, 0.25) is 0 Å². The smallest absolute Gasteiger partial charge is 0.325 e. The summed E-state index contributed by atoms with van der Waals surface area (Å²) in [5, 5.41) is 2.91. The van der Waals surface area contributed by atoms with Crippen molar-refractivity contribution in [3.8, 4) is 0 Å². The summed E-state index contributed by atoms with van der Waals surface area (Å²) in [7, 11) is 3.10. The molecule has 0 saturated carbocycles. The normalized spacial score (nSPS) is 18.8. The van der Waals surface area contributed by atoms with Gasteiger partial charge in [-0.1, -0.05) is 32.9 Å². The summed E-state index contributed by atoms with van der Waals surface area (Å²) in [6, 6.07) is 7.37. The van der Waals surface area contributed by atoms with E-state index < -0.39 is 11.9 Å². The van der Waals surface area contributed by atoms with Crippen LogP contribution in [0.3, 0.4) is 0 Å². The number of amidine groups is 1. The van der Waals surface area contributed by atoms with Crippen LogP contribution in [-0.4, -0.2) is 59.2 Å². The number of dihydropyridines is 1. The summed E-state index contributed by atoms with van der Waals surface area (Å²) in [5.74, 6) is -0.171. The zero-order valence-corrected chi connectivity index (χ0v) is 19.5. The lowest BCUT2D eigenvalue weighted by Gasteiger charge is -2.28. The van der Waals surface area contributed by atoms with Crippen molar-refractivity contribution < 1.29 is 19.0 Å². The van der Waals surface area contributed by atoms with E-state index in [1.807, 2.05) is 24.3 Å². The van der Waals surface area contributed by atoms with E-state index in [2.05, 4.69) is 31.1 Å². The van der Waals surface area contributed by atoms with Gasteiger partial charge in [0.1, 0.15) is 6.21 Å². The molecule has 0 aliphatic carbocycles. The van der Waals surface area contributed by atoms with Crippen LogP contribution >= 0.6 is 11.8 Å². The monoisotopic (exact) mass is 441 g/mol. The number of hydrogen-bond donors (Lipinski definition) is 1. The maximum atomic E-state index is 13.0. The quantitative estimate of drug-likeness (QED) is 0.656. The number of carbonyl (C=O) groups is 3. The second-order valence-corrected chi connectivity index (χ2v) is 9.18. The fraction of sp³-hybridized carbons (Fsp3) is 0.435.